The van der Waals surface area contributed by atoms with Crippen LogP contribution in [0.4, 0.5) is 0 Å². The standard InChI is InChI=1S/C15H25NO2S/c1-14(2,3)9-11(10-17)16-13(18)15(4,5)12-7-6-8-19-12/h6-8,11,17H,9-10H2,1-5H3,(H,16,18). The van der Waals surface area contributed by atoms with Crippen LogP contribution in [0.2, 0.25) is 0 Å². The molecule has 1 aromatic rings. The minimum absolute atomic E-state index is 0.0243. The zero-order chi connectivity index (χ0) is 14.7. The van der Waals surface area contributed by atoms with E-state index < -0.39 is 5.41 Å². The second-order valence-electron chi connectivity index (χ2n) is 6.72. The summed E-state index contributed by atoms with van der Waals surface area (Å²) in [5.41, 5.74) is -0.479. The van der Waals surface area contributed by atoms with E-state index in [1.807, 2.05) is 31.4 Å². The number of hydrogen-bond donors (Lipinski definition) is 2. The second-order valence-corrected chi connectivity index (χ2v) is 7.67. The summed E-state index contributed by atoms with van der Waals surface area (Å²) in [6, 6.07) is 3.74. The van der Waals surface area contributed by atoms with Crippen LogP contribution >= 0.6 is 11.3 Å². The first-order valence-corrected chi connectivity index (χ1v) is 7.50. The molecule has 1 atom stereocenters. The number of aliphatic hydroxyl groups excluding tert-OH is 1. The molecule has 0 aromatic carbocycles. The molecule has 0 aliphatic carbocycles. The molecule has 3 nitrogen and oxygen atoms in total. The first-order chi connectivity index (χ1) is 8.66. The van der Waals surface area contributed by atoms with Crippen LogP contribution in [-0.2, 0) is 10.2 Å². The van der Waals surface area contributed by atoms with E-state index in [0.717, 1.165) is 11.3 Å². The molecule has 1 unspecified atom stereocenters. The third kappa shape index (κ3) is 4.62. The maximum atomic E-state index is 12.4. The Morgan fingerprint density at radius 2 is 2.00 bits per heavy atom. The molecule has 0 bridgehead atoms. The summed E-state index contributed by atoms with van der Waals surface area (Å²) in [6.07, 6.45) is 0.760. The second kappa shape index (κ2) is 6.06. The molecule has 1 heterocycles. The van der Waals surface area contributed by atoms with Crippen molar-refractivity contribution in [3.05, 3.63) is 22.4 Å². The highest BCUT2D eigenvalue weighted by Gasteiger charge is 2.32. The van der Waals surface area contributed by atoms with Crippen LogP contribution < -0.4 is 5.32 Å². The Bertz CT molecular complexity index is 404. The van der Waals surface area contributed by atoms with Gasteiger partial charge >= 0.3 is 0 Å². The molecule has 19 heavy (non-hydrogen) atoms. The van der Waals surface area contributed by atoms with E-state index in [2.05, 4.69) is 26.1 Å². The summed E-state index contributed by atoms with van der Waals surface area (Å²) in [7, 11) is 0. The largest absolute Gasteiger partial charge is 0.394 e. The zero-order valence-electron chi connectivity index (χ0n) is 12.5. The lowest BCUT2D eigenvalue weighted by Gasteiger charge is -2.29. The van der Waals surface area contributed by atoms with Crippen LogP contribution in [0.25, 0.3) is 0 Å². The average Bonchev–Trinajstić information content (AvgIpc) is 2.79. The van der Waals surface area contributed by atoms with Gasteiger partial charge < -0.3 is 10.4 Å². The van der Waals surface area contributed by atoms with Crippen LogP contribution in [-0.4, -0.2) is 23.7 Å². The third-order valence-corrected chi connectivity index (χ3v) is 4.31. The Hall–Kier alpha value is -0.870. The molecule has 0 aliphatic heterocycles. The Morgan fingerprint density at radius 3 is 2.42 bits per heavy atom. The fraction of sp³-hybridized carbons (Fsp3) is 0.667. The predicted octanol–water partition coefficient (Wildman–Crippen LogP) is 2.94. The summed E-state index contributed by atoms with van der Waals surface area (Å²) in [5, 5.41) is 14.4. The highest BCUT2D eigenvalue weighted by atomic mass is 32.1. The van der Waals surface area contributed by atoms with Gasteiger partial charge in [-0.2, -0.15) is 0 Å². The monoisotopic (exact) mass is 283 g/mol. The lowest BCUT2D eigenvalue weighted by molar-refractivity contribution is -0.126. The quantitative estimate of drug-likeness (QED) is 0.873. The van der Waals surface area contributed by atoms with Gasteiger partial charge in [-0.25, -0.2) is 0 Å². The minimum atomic E-state index is -0.556. The Morgan fingerprint density at radius 1 is 1.37 bits per heavy atom. The molecule has 1 rings (SSSR count). The molecule has 0 spiro atoms. The highest BCUT2D eigenvalue weighted by molar-refractivity contribution is 7.10. The molecule has 0 fully saturated rings. The Labute approximate surface area is 120 Å². The van der Waals surface area contributed by atoms with E-state index in [4.69, 9.17) is 0 Å². The van der Waals surface area contributed by atoms with Crippen LogP contribution in [0, 0.1) is 5.41 Å². The van der Waals surface area contributed by atoms with E-state index in [9.17, 15) is 9.90 Å². The van der Waals surface area contributed by atoms with Gasteiger partial charge in [0.25, 0.3) is 0 Å². The van der Waals surface area contributed by atoms with Gasteiger partial charge in [0.1, 0.15) is 0 Å². The maximum Gasteiger partial charge on any atom is 0.231 e. The Balaban J connectivity index is 2.72. The number of nitrogens with one attached hydrogen (secondary N) is 1. The zero-order valence-corrected chi connectivity index (χ0v) is 13.3. The fourth-order valence-corrected chi connectivity index (χ4v) is 2.86. The number of rotatable bonds is 5. The average molecular weight is 283 g/mol. The van der Waals surface area contributed by atoms with Crippen LogP contribution in [0.1, 0.15) is 45.9 Å². The van der Waals surface area contributed by atoms with Crippen molar-refractivity contribution in [1.82, 2.24) is 5.32 Å². The molecule has 0 radical (unpaired) electrons. The van der Waals surface area contributed by atoms with Crippen molar-refractivity contribution >= 4 is 17.2 Å². The summed E-state index contributed by atoms with van der Waals surface area (Å²) in [5.74, 6) is -0.0294. The number of thiophene rings is 1. The predicted molar refractivity (Wildman–Crippen MR) is 80.4 cm³/mol. The van der Waals surface area contributed by atoms with Crippen molar-refractivity contribution < 1.29 is 9.90 Å². The molecule has 1 amide bonds. The van der Waals surface area contributed by atoms with E-state index in [-0.39, 0.29) is 24.0 Å². The van der Waals surface area contributed by atoms with E-state index >= 15 is 0 Å². The number of hydrogen-bond acceptors (Lipinski definition) is 3. The van der Waals surface area contributed by atoms with Gasteiger partial charge in [0, 0.05) is 4.88 Å². The molecule has 1 aromatic heterocycles. The van der Waals surface area contributed by atoms with Crippen molar-refractivity contribution in [2.45, 2.75) is 52.5 Å². The fourth-order valence-electron chi connectivity index (χ4n) is 2.01. The first kappa shape index (κ1) is 16.2. The number of carbonyl (C=O) groups is 1. The summed E-state index contributed by atoms with van der Waals surface area (Å²) < 4.78 is 0. The molecule has 0 saturated heterocycles. The normalized spacial score (nSPS) is 14.2. The van der Waals surface area contributed by atoms with Crippen LogP contribution in [0.3, 0.4) is 0 Å². The van der Waals surface area contributed by atoms with Gasteiger partial charge in [0.05, 0.1) is 18.1 Å². The summed E-state index contributed by atoms with van der Waals surface area (Å²) >= 11 is 1.58. The van der Waals surface area contributed by atoms with Crippen LogP contribution in [0.5, 0.6) is 0 Å². The lowest BCUT2D eigenvalue weighted by atomic mass is 9.86. The molecular formula is C15H25NO2S. The number of carbonyl (C=O) groups excluding carboxylic acids is 1. The maximum absolute atomic E-state index is 12.4. The smallest absolute Gasteiger partial charge is 0.231 e. The van der Waals surface area contributed by atoms with Gasteiger partial charge in [0.2, 0.25) is 5.91 Å². The summed E-state index contributed by atoms with van der Waals surface area (Å²) in [6.45, 7) is 10.1. The summed E-state index contributed by atoms with van der Waals surface area (Å²) in [4.78, 5) is 13.4. The van der Waals surface area contributed by atoms with Crippen molar-refractivity contribution in [1.29, 1.82) is 0 Å². The van der Waals surface area contributed by atoms with E-state index in [1.165, 1.54) is 0 Å². The van der Waals surface area contributed by atoms with Gasteiger partial charge in [-0.05, 0) is 37.1 Å². The van der Waals surface area contributed by atoms with Crippen molar-refractivity contribution in [3.63, 3.8) is 0 Å². The SMILES string of the molecule is CC(C)(C)CC(CO)NC(=O)C(C)(C)c1cccs1. The molecule has 0 saturated carbocycles. The van der Waals surface area contributed by atoms with Gasteiger partial charge in [-0.3, -0.25) is 4.79 Å². The van der Waals surface area contributed by atoms with Gasteiger partial charge in [-0.15, -0.1) is 11.3 Å². The lowest BCUT2D eigenvalue weighted by Crippen LogP contribution is -2.47. The van der Waals surface area contributed by atoms with Crippen molar-refractivity contribution in [2.75, 3.05) is 6.61 Å². The van der Waals surface area contributed by atoms with Crippen molar-refractivity contribution in [2.24, 2.45) is 5.41 Å². The molecule has 0 aliphatic rings. The number of amides is 1. The first-order valence-electron chi connectivity index (χ1n) is 6.62. The topological polar surface area (TPSA) is 49.3 Å². The molecule has 108 valence electrons. The van der Waals surface area contributed by atoms with Gasteiger partial charge in [-0.1, -0.05) is 26.8 Å². The molecule has 4 heteroatoms. The third-order valence-electron chi connectivity index (χ3n) is 3.12. The molecule has 2 N–H and O–H groups in total. The van der Waals surface area contributed by atoms with E-state index in [1.54, 1.807) is 11.3 Å². The van der Waals surface area contributed by atoms with E-state index in [0.29, 0.717) is 0 Å². The highest BCUT2D eigenvalue weighted by Crippen LogP contribution is 2.28. The number of aliphatic hydroxyl groups is 1. The van der Waals surface area contributed by atoms with Gasteiger partial charge in [0.15, 0.2) is 0 Å². The van der Waals surface area contributed by atoms with Crippen LogP contribution in [0.15, 0.2) is 17.5 Å². The molecular weight excluding hydrogens is 258 g/mol. The Kier molecular flexibility index (Phi) is 5.16. The minimum Gasteiger partial charge on any atom is -0.394 e. The van der Waals surface area contributed by atoms with Crippen molar-refractivity contribution in [3.8, 4) is 0 Å².